The van der Waals surface area contributed by atoms with Gasteiger partial charge in [0.25, 0.3) is 0 Å². The Bertz CT molecular complexity index is 701. The lowest BCUT2D eigenvalue weighted by atomic mass is 9.88. The Morgan fingerprint density at radius 3 is 2.73 bits per heavy atom. The molecule has 0 radical (unpaired) electrons. The van der Waals surface area contributed by atoms with E-state index in [1.807, 2.05) is 13.8 Å². The Balaban J connectivity index is 2.21. The highest BCUT2D eigenvalue weighted by atomic mass is 16.6. The van der Waals surface area contributed by atoms with Crippen molar-refractivity contribution in [3.05, 3.63) is 23.8 Å². The predicted octanol–water partition coefficient (Wildman–Crippen LogP) is 2.21. The first-order valence-corrected chi connectivity index (χ1v) is 8.34. The lowest BCUT2D eigenvalue weighted by Gasteiger charge is -2.30. The number of rotatable bonds is 7. The number of carbonyl (C=O) groups excluding carboxylic acids is 2. The fourth-order valence-corrected chi connectivity index (χ4v) is 2.71. The van der Waals surface area contributed by atoms with Crippen molar-refractivity contribution in [2.24, 2.45) is 10.9 Å². The van der Waals surface area contributed by atoms with Gasteiger partial charge in [-0.15, -0.1) is 0 Å². The maximum absolute atomic E-state index is 12.6. The fraction of sp³-hybridized carbons (Fsp3) is 0.500. The van der Waals surface area contributed by atoms with Gasteiger partial charge < -0.3 is 24.6 Å². The van der Waals surface area contributed by atoms with Gasteiger partial charge in [0.2, 0.25) is 0 Å². The number of aliphatic imine (C=N–C) groups is 1. The highest BCUT2D eigenvalue weighted by Gasteiger charge is 2.38. The van der Waals surface area contributed by atoms with Gasteiger partial charge >= 0.3 is 12.0 Å². The zero-order valence-electron chi connectivity index (χ0n) is 15.3. The molecule has 0 saturated carbocycles. The number of hydrogen-bond donors (Lipinski definition) is 2. The van der Waals surface area contributed by atoms with Crippen molar-refractivity contribution in [1.82, 2.24) is 5.32 Å². The molecule has 2 unspecified atom stereocenters. The summed E-state index contributed by atoms with van der Waals surface area (Å²) in [6.45, 7) is 5.80. The summed E-state index contributed by atoms with van der Waals surface area (Å²) in [5.41, 5.74) is 0.961. The smallest absolute Gasteiger partial charge is 0.341 e. The minimum atomic E-state index is -0.777. The first-order chi connectivity index (χ1) is 12.3. The Labute approximate surface area is 152 Å². The molecule has 8 heteroatoms. The molecule has 0 fully saturated rings. The summed E-state index contributed by atoms with van der Waals surface area (Å²) < 4.78 is 15.8. The Kier molecular flexibility index (Phi) is 6.57. The molecular formula is C18H24N2O6. The monoisotopic (exact) mass is 364 g/mol. The number of benzene rings is 1. The molecule has 0 bridgehead atoms. The summed E-state index contributed by atoms with van der Waals surface area (Å²) >= 11 is 0. The zero-order chi connectivity index (χ0) is 19.3. The van der Waals surface area contributed by atoms with Gasteiger partial charge in [-0.3, -0.25) is 4.79 Å². The molecule has 0 aromatic heterocycles. The summed E-state index contributed by atoms with van der Waals surface area (Å²) in [5, 5.41) is 12.4. The van der Waals surface area contributed by atoms with Gasteiger partial charge in [0.15, 0.2) is 11.5 Å². The summed E-state index contributed by atoms with van der Waals surface area (Å²) in [5.74, 6) is -1.07. The van der Waals surface area contributed by atoms with Crippen molar-refractivity contribution >= 4 is 17.7 Å². The van der Waals surface area contributed by atoms with Gasteiger partial charge in [0, 0.05) is 5.71 Å². The number of amides is 2. The zero-order valence-corrected chi connectivity index (χ0v) is 15.3. The highest BCUT2D eigenvalue weighted by Crippen LogP contribution is 2.34. The van der Waals surface area contributed by atoms with E-state index in [1.54, 1.807) is 19.1 Å². The molecule has 0 aliphatic carbocycles. The largest absolute Gasteiger partial charge is 0.504 e. The summed E-state index contributed by atoms with van der Waals surface area (Å²) in [6.07, 6.45) is 0.0446. The molecular weight excluding hydrogens is 340 g/mol. The van der Waals surface area contributed by atoms with Crippen LogP contribution in [0.5, 0.6) is 11.5 Å². The molecule has 0 saturated heterocycles. The normalized spacial score (nSPS) is 19.7. The molecule has 2 atom stereocenters. The molecule has 2 amide bonds. The van der Waals surface area contributed by atoms with Gasteiger partial charge in [0.05, 0.1) is 25.9 Å². The van der Waals surface area contributed by atoms with E-state index in [1.165, 1.54) is 13.2 Å². The van der Waals surface area contributed by atoms with Crippen LogP contribution >= 0.6 is 0 Å². The number of urea groups is 1. The van der Waals surface area contributed by atoms with Crippen LogP contribution in [0.3, 0.4) is 0 Å². The number of nitrogens with one attached hydrogen (secondary N) is 1. The number of ether oxygens (including phenoxy) is 3. The maximum atomic E-state index is 12.6. The topological polar surface area (TPSA) is 106 Å². The van der Waals surface area contributed by atoms with E-state index in [-0.39, 0.29) is 30.8 Å². The number of aromatic hydroxyl groups is 1. The Morgan fingerprint density at radius 1 is 1.35 bits per heavy atom. The van der Waals surface area contributed by atoms with E-state index in [0.717, 1.165) is 0 Å². The number of esters is 1. The van der Waals surface area contributed by atoms with Crippen LogP contribution in [-0.4, -0.2) is 49.2 Å². The van der Waals surface area contributed by atoms with E-state index in [4.69, 9.17) is 14.2 Å². The molecule has 142 valence electrons. The molecule has 1 aromatic rings. The molecule has 1 aromatic carbocycles. The minimum Gasteiger partial charge on any atom is -0.504 e. The van der Waals surface area contributed by atoms with Crippen molar-refractivity contribution in [1.29, 1.82) is 0 Å². The third kappa shape index (κ3) is 4.72. The summed E-state index contributed by atoms with van der Waals surface area (Å²) in [7, 11) is 1.42. The molecule has 0 spiro atoms. The maximum Gasteiger partial charge on any atom is 0.341 e. The number of phenols is 1. The van der Waals surface area contributed by atoms with Crippen LogP contribution in [0.25, 0.3) is 0 Å². The standard InChI is InChI=1S/C18H24N2O6/c1-10(2)25-7-8-26-17(22)15-11(3)19-18(23)20-16(15)12-5-6-13(21)14(9-12)24-4/h5-6,9-10,15-16,21H,7-8H2,1-4H3,(H,20,23). The van der Waals surface area contributed by atoms with Crippen LogP contribution in [0.15, 0.2) is 23.2 Å². The lowest BCUT2D eigenvalue weighted by molar-refractivity contribution is -0.149. The molecule has 26 heavy (non-hydrogen) atoms. The second kappa shape index (κ2) is 8.66. The Morgan fingerprint density at radius 2 is 2.08 bits per heavy atom. The second-order valence-electron chi connectivity index (χ2n) is 6.18. The third-order valence-electron chi connectivity index (χ3n) is 3.94. The first-order valence-electron chi connectivity index (χ1n) is 8.34. The van der Waals surface area contributed by atoms with Crippen molar-refractivity contribution in [2.45, 2.75) is 32.9 Å². The molecule has 8 nitrogen and oxygen atoms in total. The number of phenolic OH excluding ortho intramolecular Hbond substituents is 1. The van der Waals surface area contributed by atoms with E-state index in [9.17, 15) is 14.7 Å². The number of hydrogen-bond acceptors (Lipinski definition) is 6. The average molecular weight is 364 g/mol. The molecule has 1 aliphatic rings. The van der Waals surface area contributed by atoms with Crippen molar-refractivity contribution in [2.75, 3.05) is 20.3 Å². The van der Waals surface area contributed by atoms with Crippen LogP contribution in [-0.2, 0) is 14.3 Å². The third-order valence-corrected chi connectivity index (χ3v) is 3.94. The quantitative estimate of drug-likeness (QED) is 0.567. The molecule has 1 heterocycles. The van der Waals surface area contributed by atoms with E-state index < -0.39 is 24.0 Å². The van der Waals surface area contributed by atoms with Crippen LogP contribution in [0.2, 0.25) is 0 Å². The van der Waals surface area contributed by atoms with Crippen molar-refractivity contribution < 1.29 is 28.9 Å². The fourth-order valence-electron chi connectivity index (χ4n) is 2.71. The summed E-state index contributed by atoms with van der Waals surface area (Å²) in [6, 6.07) is 3.42. The predicted molar refractivity (Wildman–Crippen MR) is 94.6 cm³/mol. The van der Waals surface area contributed by atoms with Crippen LogP contribution in [0.1, 0.15) is 32.4 Å². The van der Waals surface area contributed by atoms with Crippen molar-refractivity contribution in [3.8, 4) is 11.5 Å². The average Bonchev–Trinajstić information content (AvgIpc) is 2.58. The molecule has 2 rings (SSSR count). The van der Waals surface area contributed by atoms with E-state index in [0.29, 0.717) is 11.3 Å². The van der Waals surface area contributed by atoms with Gasteiger partial charge in [-0.05, 0) is 38.5 Å². The van der Waals surface area contributed by atoms with Gasteiger partial charge in [-0.25, -0.2) is 9.79 Å². The van der Waals surface area contributed by atoms with Gasteiger partial charge in [0.1, 0.15) is 12.5 Å². The minimum absolute atomic E-state index is 0.0336. The van der Waals surface area contributed by atoms with Gasteiger partial charge in [-0.1, -0.05) is 6.07 Å². The van der Waals surface area contributed by atoms with Crippen LogP contribution in [0, 0.1) is 5.92 Å². The molecule has 2 N–H and O–H groups in total. The first kappa shape index (κ1) is 19.7. The Hall–Kier alpha value is -2.61. The summed E-state index contributed by atoms with van der Waals surface area (Å²) in [4.78, 5) is 28.2. The lowest BCUT2D eigenvalue weighted by Crippen LogP contribution is -2.44. The second-order valence-corrected chi connectivity index (χ2v) is 6.18. The number of methoxy groups -OCH3 is 1. The van der Waals surface area contributed by atoms with E-state index in [2.05, 4.69) is 10.3 Å². The number of carbonyl (C=O) groups is 2. The molecule has 1 aliphatic heterocycles. The van der Waals surface area contributed by atoms with Crippen molar-refractivity contribution in [3.63, 3.8) is 0 Å². The van der Waals surface area contributed by atoms with E-state index >= 15 is 0 Å². The SMILES string of the molecule is COc1cc(C2NC(=O)N=C(C)C2C(=O)OCCOC(C)C)ccc1O. The highest BCUT2D eigenvalue weighted by molar-refractivity contribution is 6.08. The van der Waals surface area contributed by atoms with Crippen LogP contribution < -0.4 is 10.1 Å². The number of nitrogens with zero attached hydrogens (tertiary/aromatic N) is 1. The van der Waals surface area contributed by atoms with Crippen LogP contribution in [0.4, 0.5) is 4.79 Å². The van der Waals surface area contributed by atoms with Gasteiger partial charge in [-0.2, -0.15) is 0 Å².